The third-order valence-corrected chi connectivity index (χ3v) is 4.38. The normalized spacial score (nSPS) is 10.5. The maximum absolute atomic E-state index is 9.10. The average molecular weight is 367 g/mol. The highest BCUT2D eigenvalue weighted by molar-refractivity contribution is 5.72. The maximum atomic E-state index is 9.10. The van der Waals surface area contributed by atoms with Crippen LogP contribution in [0.15, 0.2) is 65.3 Å². The molecule has 0 amide bonds. The topological polar surface area (TPSA) is 87.6 Å². The molecule has 1 N–H and O–H groups in total. The van der Waals surface area contributed by atoms with Gasteiger partial charge in [0, 0.05) is 23.0 Å². The molecule has 0 bridgehead atoms. The summed E-state index contributed by atoms with van der Waals surface area (Å²) in [4.78, 5) is 8.89. The molecule has 0 radical (unpaired) electrons. The molecule has 6 nitrogen and oxygen atoms in total. The van der Waals surface area contributed by atoms with Gasteiger partial charge in [0.1, 0.15) is 5.76 Å². The van der Waals surface area contributed by atoms with Gasteiger partial charge in [0.05, 0.1) is 23.0 Å². The van der Waals surface area contributed by atoms with E-state index in [2.05, 4.69) is 26.5 Å². The average Bonchev–Trinajstić information content (AvgIpc) is 3.06. The van der Waals surface area contributed by atoms with Crippen molar-refractivity contribution in [2.75, 3.05) is 5.32 Å². The molecule has 0 fully saturated rings. The molecule has 136 valence electrons. The number of aryl methyl sites for hydroxylation is 2. The van der Waals surface area contributed by atoms with Gasteiger partial charge in [-0.05, 0) is 49.7 Å². The highest BCUT2D eigenvalue weighted by atomic mass is 16.5. The second-order valence-corrected chi connectivity index (χ2v) is 6.36. The lowest BCUT2D eigenvalue weighted by Crippen LogP contribution is -1.98. The Bertz CT molecular complexity index is 1170. The smallest absolute Gasteiger partial charge is 0.227 e. The predicted octanol–water partition coefficient (Wildman–Crippen LogP) is 5.03. The Morgan fingerprint density at radius 2 is 1.82 bits per heavy atom. The zero-order chi connectivity index (χ0) is 19.5. The number of nitrogens with zero attached hydrogens (tertiary/aromatic N) is 4. The summed E-state index contributed by atoms with van der Waals surface area (Å²) in [5, 5.41) is 16.4. The number of rotatable bonds is 4. The van der Waals surface area contributed by atoms with Gasteiger partial charge in [-0.1, -0.05) is 29.4 Å². The van der Waals surface area contributed by atoms with E-state index in [0.717, 1.165) is 39.5 Å². The summed E-state index contributed by atoms with van der Waals surface area (Å²) in [5.74, 6) is 1.26. The van der Waals surface area contributed by atoms with Gasteiger partial charge < -0.3 is 9.84 Å². The van der Waals surface area contributed by atoms with Gasteiger partial charge in [-0.3, -0.25) is 0 Å². The van der Waals surface area contributed by atoms with Crippen LogP contribution < -0.4 is 5.32 Å². The minimum absolute atomic E-state index is 0.482. The molecule has 0 aliphatic heterocycles. The summed E-state index contributed by atoms with van der Waals surface area (Å²) in [7, 11) is 0. The van der Waals surface area contributed by atoms with Crippen LogP contribution in [-0.4, -0.2) is 15.1 Å². The lowest BCUT2D eigenvalue weighted by atomic mass is 10.0. The minimum Gasteiger partial charge on any atom is -0.361 e. The molecule has 2 aromatic heterocycles. The zero-order valence-electron chi connectivity index (χ0n) is 15.5. The largest absolute Gasteiger partial charge is 0.361 e. The number of hydrogen-bond acceptors (Lipinski definition) is 6. The Morgan fingerprint density at radius 3 is 2.61 bits per heavy atom. The van der Waals surface area contributed by atoms with Crippen LogP contribution in [0.1, 0.15) is 17.0 Å². The summed E-state index contributed by atoms with van der Waals surface area (Å²) in [6.07, 6.45) is 1.70. The number of anilines is 2. The van der Waals surface area contributed by atoms with E-state index in [9.17, 15) is 0 Å². The van der Waals surface area contributed by atoms with Gasteiger partial charge in [0.15, 0.2) is 0 Å². The highest BCUT2D eigenvalue weighted by Gasteiger charge is 2.12. The molecular formula is C22H17N5O. The molecule has 0 unspecified atom stereocenters. The Balaban J connectivity index is 1.64. The number of nitriles is 1. The fourth-order valence-electron chi connectivity index (χ4n) is 3.10. The van der Waals surface area contributed by atoms with Gasteiger partial charge in [-0.25, -0.2) is 9.97 Å². The summed E-state index contributed by atoms with van der Waals surface area (Å²) in [5.41, 5.74) is 5.93. The lowest BCUT2D eigenvalue weighted by molar-refractivity contribution is 0.393. The molecule has 4 aromatic rings. The van der Waals surface area contributed by atoms with Gasteiger partial charge in [-0.15, -0.1) is 0 Å². The van der Waals surface area contributed by atoms with Gasteiger partial charge in [0.25, 0.3) is 0 Å². The molecule has 0 spiro atoms. The zero-order valence-corrected chi connectivity index (χ0v) is 15.5. The molecule has 0 atom stereocenters. The standard InChI is InChI=1S/C22H17N5O/c1-14-21(15(2)28-27-14)18-7-4-8-19(12-18)25-22-24-10-9-20(26-22)17-6-3-5-16(11-17)13-23/h3-12H,1-2H3,(H,24,25,26). The van der Waals surface area contributed by atoms with Gasteiger partial charge >= 0.3 is 0 Å². The van der Waals surface area contributed by atoms with Crippen molar-refractivity contribution in [2.24, 2.45) is 0 Å². The van der Waals surface area contributed by atoms with Crippen LogP contribution in [0, 0.1) is 25.2 Å². The van der Waals surface area contributed by atoms with Crippen molar-refractivity contribution in [1.29, 1.82) is 5.26 Å². The number of benzene rings is 2. The first-order valence-electron chi connectivity index (χ1n) is 8.78. The van der Waals surface area contributed by atoms with Crippen molar-refractivity contribution in [3.63, 3.8) is 0 Å². The van der Waals surface area contributed by atoms with Crippen molar-refractivity contribution in [3.05, 3.63) is 77.8 Å². The van der Waals surface area contributed by atoms with Crippen molar-refractivity contribution in [3.8, 4) is 28.5 Å². The lowest BCUT2D eigenvalue weighted by Gasteiger charge is -2.09. The molecule has 4 rings (SSSR count). The van der Waals surface area contributed by atoms with Crippen LogP contribution in [0.25, 0.3) is 22.4 Å². The first kappa shape index (κ1) is 17.4. The molecule has 2 heterocycles. The monoisotopic (exact) mass is 367 g/mol. The minimum atomic E-state index is 0.482. The van der Waals surface area contributed by atoms with E-state index in [1.165, 1.54) is 0 Å². The molecule has 0 saturated carbocycles. The van der Waals surface area contributed by atoms with E-state index in [4.69, 9.17) is 9.78 Å². The van der Waals surface area contributed by atoms with Crippen LogP contribution >= 0.6 is 0 Å². The van der Waals surface area contributed by atoms with E-state index in [1.807, 2.05) is 62.4 Å². The van der Waals surface area contributed by atoms with Crippen molar-refractivity contribution < 1.29 is 4.52 Å². The summed E-state index contributed by atoms with van der Waals surface area (Å²) < 4.78 is 5.27. The summed E-state index contributed by atoms with van der Waals surface area (Å²) in [6.45, 7) is 3.82. The molecule has 0 aliphatic rings. The quantitative estimate of drug-likeness (QED) is 0.544. The molecule has 6 heteroatoms. The Morgan fingerprint density at radius 1 is 1.00 bits per heavy atom. The third-order valence-electron chi connectivity index (χ3n) is 4.38. The van der Waals surface area contributed by atoms with E-state index in [-0.39, 0.29) is 0 Å². The van der Waals surface area contributed by atoms with Crippen molar-refractivity contribution in [1.82, 2.24) is 15.1 Å². The van der Waals surface area contributed by atoms with Crippen LogP contribution in [0.4, 0.5) is 11.6 Å². The SMILES string of the molecule is Cc1noc(C)c1-c1cccc(Nc2nccc(-c3cccc(C#N)c3)n2)c1. The molecule has 0 aliphatic carbocycles. The summed E-state index contributed by atoms with van der Waals surface area (Å²) in [6, 6.07) is 19.3. The number of aromatic nitrogens is 3. The highest BCUT2D eigenvalue weighted by Crippen LogP contribution is 2.29. The van der Waals surface area contributed by atoms with Crippen molar-refractivity contribution in [2.45, 2.75) is 13.8 Å². The molecule has 0 saturated heterocycles. The van der Waals surface area contributed by atoms with Crippen LogP contribution in [0.3, 0.4) is 0 Å². The first-order valence-corrected chi connectivity index (χ1v) is 8.78. The molecule has 28 heavy (non-hydrogen) atoms. The van der Waals surface area contributed by atoms with E-state index >= 15 is 0 Å². The Kier molecular flexibility index (Phi) is 4.56. The van der Waals surface area contributed by atoms with Gasteiger partial charge in [-0.2, -0.15) is 5.26 Å². The van der Waals surface area contributed by atoms with Gasteiger partial charge in [0.2, 0.25) is 5.95 Å². The Hall–Kier alpha value is -3.98. The van der Waals surface area contributed by atoms with Crippen LogP contribution in [-0.2, 0) is 0 Å². The summed E-state index contributed by atoms with van der Waals surface area (Å²) >= 11 is 0. The second kappa shape index (κ2) is 7.33. The maximum Gasteiger partial charge on any atom is 0.227 e. The fourth-order valence-corrected chi connectivity index (χ4v) is 3.10. The molecular weight excluding hydrogens is 350 g/mol. The fraction of sp³-hybridized carbons (Fsp3) is 0.0909. The number of hydrogen-bond donors (Lipinski definition) is 1. The molecule has 2 aromatic carbocycles. The van der Waals surface area contributed by atoms with E-state index in [1.54, 1.807) is 12.3 Å². The third kappa shape index (κ3) is 3.46. The van der Waals surface area contributed by atoms with Crippen LogP contribution in [0.5, 0.6) is 0 Å². The second-order valence-electron chi connectivity index (χ2n) is 6.36. The number of nitrogens with one attached hydrogen (secondary N) is 1. The Labute approximate surface area is 162 Å². The first-order chi connectivity index (χ1) is 13.6. The van der Waals surface area contributed by atoms with Crippen LogP contribution in [0.2, 0.25) is 0 Å². The predicted molar refractivity (Wildman–Crippen MR) is 107 cm³/mol. The van der Waals surface area contributed by atoms with E-state index < -0.39 is 0 Å². The van der Waals surface area contributed by atoms with Crippen molar-refractivity contribution >= 4 is 11.6 Å². The van der Waals surface area contributed by atoms with E-state index in [0.29, 0.717) is 11.5 Å².